The van der Waals surface area contributed by atoms with Gasteiger partial charge in [0.2, 0.25) is 0 Å². The summed E-state index contributed by atoms with van der Waals surface area (Å²) in [4.78, 5) is 15.8. The number of carbonyl (C=O) groups excluding carboxylic acids is 1. The third kappa shape index (κ3) is 2.46. The second-order valence-electron chi connectivity index (χ2n) is 4.63. The minimum Gasteiger partial charge on any atom is -0.389 e. The van der Waals surface area contributed by atoms with Crippen molar-refractivity contribution in [2.24, 2.45) is 5.73 Å². The SMILES string of the molecule is Cc1cc(C(N)=S)ccc1CN1CCN(C)C1=O. The van der Waals surface area contributed by atoms with Gasteiger partial charge >= 0.3 is 6.03 Å². The van der Waals surface area contributed by atoms with E-state index in [0.29, 0.717) is 11.5 Å². The lowest BCUT2D eigenvalue weighted by Crippen LogP contribution is -2.29. The first-order valence-electron chi connectivity index (χ1n) is 5.88. The van der Waals surface area contributed by atoms with E-state index in [4.69, 9.17) is 18.0 Å². The van der Waals surface area contributed by atoms with Gasteiger partial charge in [-0.05, 0) is 24.1 Å². The number of rotatable bonds is 3. The molecule has 1 heterocycles. The predicted octanol–water partition coefficient (Wildman–Crippen LogP) is 1.50. The Morgan fingerprint density at radius 2 is 2.17 bits per heavy atom. The van der Waals surface area contributed by atoms with Crippen molar-refractivity contribution >= 4 is 23.2 Å². The number of hydrogen-bond acceptors (Lipinski definition) is 2. The first-order valence-corrected chi connectivity index (χ1v) is 6.29. The summed E-state index contributed by atoms with van der Waals surface area (Å²) >= 11 is 4.95. The fourth-order valence-corrected chi connectivity index (χ4v) is 2.21. The molecule has 1 aliphatic heterocycles. The van der Waals surface area contributed by atoms with Gasteiger partial charge in [-0.15, -0.1) is 0 Å². The monoisotopic (exact) mass is 263 g/mol. The zero-order valence-electron chi connectivity index (χ0n) is 10.6. The predicted molar refractivity (Wildman–Crippen MR) is 75.5 cm³/mol. The molecule has 2 amide bonds. The number of nitrogens with zero attached hydrogens (tertiary/aromatic N) is 2. The van der Waals surface area contributed by atoms with Gasteiger partial charge in [0.05, 0.1) is 0 Å². The molecule has 2 rings (SSSR count). The highest BCUT2D eigenvalue weighted by Gasteiger charge is 2.25. The van der Waals surface area contributed by atoms with Crippen LogP contribution < -0.4 is 5.73 Å². The van der Waals surface area contributed by atoms with E-state index in [9.17, 15) is 4.79 Å². The fraction of sp³-hybridized carbons (Fsp3) is 0.385. The minimum atomic E-state index is 0.0906. The molecule has 0 aromatic heterocycles. The molecule has 0 spiro atoms. The first-order chi connectivity index (χ1) is 8.49. The third-order valence-corrected chi connectivity index (χ3v) is 3.53. The van der Waals surface area contributed by atoms with Gasteiger partial charge in [-0.1, -0.05) is 24.4 Å². The highest BCUT2D eigenvalue weighted by atomic mass is 32.1. The van der Waals surface area contributed by atoms with Crippen molar-refractivity contribution in [3.05, 3.63) is 34.9 Å². The standard InChI is InChI=1S/C13H17N3OS/c1-9-7-10(12(14)18)3-4-11(9)8-16-6-5-15(2)13(16)17/h3-4,7H,5-6,8H2,1-2H3,(H2,14,18). The Balaban J connectivity index is 2.15. The second kappa shape index (κ2) is 4.94. The molecule has 96 valence electrons. The topological polar surface area (TPSA) is 49.6 Å². The Bertz CT molecular complexity index is 501. The van der Waals surface area contributed by atoms with Crippen LogP contribution in [0.15, 0.2) is 18.2 Å². The number of amides is 2. The maximum absolute atomic E-state index is 11.8. The molecule has 5 heteroatoms. The van der Waals surface area contributed by atoms with Crippen LogP contribution in [0.5, 0.6) is 0 Å². The van der Waals surface area contributed by atoms with Crippen LogP contribution in [0.25, 0.3) is 0 Å². The Morgan fingerprint density at radius 3 is 2.67 bits per heavy atom. The van der Waals surface area contributed by atoms with Gasteiger partial charge in [0.15, 0.2) is 0 Å². The molecule has 0 bridgehead atoms. The summed E-state index contributed by atoms with van der Waals surface area (Å²) in [6, 6.07) is 5.97. The normalized spacial score (nSPS) is 15.3. The van der Waals surface area contributed by atoms with Gasteiger partial charge in [0.1, 0.15) is 4.99 Å². The molecule has 1 fully saturated rings. The Labute approximate surface area is 112 Å². The van der Waals surface area contributed by atoms with Gasteiger partial charge in [-0.2, -0.15) is 0 Å². The van der Waals surface area contributed by atoms with Crippen molar-refractivity contribution in [1.82, 2.24) is 9.80 Å². The molecular weight excluding hydrogens is 246 g/mol. The molecule has 1 aliphatic rings. The summed E-state index contributed by atoms with van der Waals surface area (Å²) in [6.07, 6.45) is 0. The second-order valence-corrected chi connectivity index (χ2v) is 5.07. The van der Waals surface area contributed by atoms with Crippen molar-refractivity contribution in [3.8, 4) is 0 Å². The Kier molecular flexibility index (Phi) is 3.52. The molecule has 18 heavy (non-hydrogen) atoms. The smallest absolute Gasteiger partial charge is 0.320 e. The highest BCUT2D eigenvalue weighted by Crippen LogP contribution is 2.16. The fourth-order valence-electron chi connectivity index (χ4n) is 2.08. The van der Waals surface area contributed by atoms with Gasteiger partial charge in [0.25, 0.3) is 0 Å². The molecule has 0 radical (unpaired) electrons. The molecule has 0 aliphatic carbocycles. The van der Waals surface area contributed by atoms with Crippen molar-refractivity contribution in [2.45, 2.75) is 13.5 Å². The molecule has 1 aromatic rings. The summed E-state index contributed by atoms with van der Waals surface area (Å²) in [6.45, 7) is 4.24. The van der Waals surface area contributed by atoms with Crippen molar-refractivity contribution in [3.63, 3.8) is 0 Å². The number of thiocarbonyl (C=S) groups is 1. The number of aryl methyl sites for hydroxylation is 1. The number of hydrogen-bond donors (Lipinski definition) is 1. The van der Waals surface area contributed by atoms with E-state index in [0.717, 1.165) is 29.8 Å². The summed E-state index contributed by atoms with van der Waals surface area (Å²) in [5.74, 6) is 0. The van der Waals surface area contributed by atoms with Crippen LogP contribution in [-0.2, 0) is 6.54 Å². The van der Waals surface area contributed by atoms with Crippen LogP contribution in [0, 0.1) is 6.92 Å². The van der Waals surface area contributed by atoms with Crippen LogP contribution in [-0.4, -0.2) is 41.0 Å². The Hall–Kier alpha value is -1.62. The van der Waals surface area contributed by atoms with E-state index in [1.54, 1.807) is 4.90 Å². The zero-order valence-corrected chi connectivity index (χ0v) is 11.5. The summed E-state index contributed by atoms with van der Waals surface area (Å²) in [5, 5.41) is 0. The summed E-state index contributed by atoms with van der Waals surface area (Å²) in [7, 11) is 1.82. The minimum absolute atomic E-state index is 0.0906. The molecule has 1 saturated heterocycles. The van der Waals surface area contributed by atoms with Crippen molar-refractivity contribution in [2.75, 3.05) is 20.1 Å². The van der Waals surface area contributed by atoms with E-state index in [-0.39, 0.29) is 6.03 Å². The maximum Gasteiger partial charge on any atom is 0.320 e. The number of benzene rings is 1. The largest absolute Gasteiger partial charge is 0.389 e. The number of nitrogens with two attached hydrogens (primary N) is 1. The number of urea groups is 1. The molecular formula is C13H17N3OS. The maximum atomic E-state index is 11.8. The number of likely N-dealkylation sites (N-methyl/N-ethyl adjacent to an activating group) is 1. The van der Waals surface area contributed by atoms with Crippen LogP contribution in [0.2, 0.25) is 0 Å². The average Bonchev–Trinajstić information content (AvgIpc) is 2.63. The first kappa shape index (κ1) is 12.8. The van der Waals surface area contributed by atoms with E-state index >= 15 is 0 Å². The van der Waals surface area contributed by atoms with Crippen LogP contribution >= 0.6 is 12.2 Å². The lowest BCUT2D eigenvalue weighted by Gasteiger charge is -2.17. The molecule has 0 unspecified atom stereocenters. The Morgan fingerprint density at radius 1 is 1.44 bits per heavy atom. The molecule has 2 N–H and O–H groups in total. The van der Waals surface area contributed by atoms with Gasteiger partial charge in [-0.3, -0.25) is 0 Å². The molecule has 0 saturated carbocycles. The van der Waals surface area contributed by atoms with Crippen LogP contribution in [0.4, 0.5) is 4.79 Å². The number of carbonyl (C=O) groups is 1. The third-order valence-electron chi connectivity index (χ3n) is 3.29. The van der Waals surface area contributed by atoms with E-state index < -0.39 is 0 Å². The molecule has 4 nitrogen and oxygen atoms in total. The van der Waals surface area contributed by atoms with Crippen LogP contribution in [0.1, 0.15) is 16.7 Å². The highest BCUT2D eigenvalue weighted by molar-refractivity contribution is 7.80. The average molecular weight is 263 g/mol. The van der Waals surface area contributed by atoms with E-state index in [1.165, 1.54) is 0 Å². The van der Waals surface area contributed by atoms with Gasteiger partial charge < -0.3 is 15.5 Å². The van der Waals surface area contributed by atoms with Crippen molar-refractivity contribution < 1.29 is 4.79 Å². The van der Waals surface area contributed by atoms with E-state index in [2.05, 4.69) is 0 Å². The lowest BCUT2D eigenvalue weighted by molar-refractivity contribution is 0.197. The summed E-state index contributed by atoms with van der Waals surface area (Å²) < 4.78 is 0. The quantitative estimate of drug-likeness (QED) is 0.841. The van der Waals surface area contributed by atoms with Crippen molar-refractivity contribution in [1.29, 1.82) is 0 Å². The zero-order chi connectivity index (χ0) is 13.3. The van der Waals surface area contributed by atoms with Gasteiger partial charge in [0, 0.05) is 32.2 Å². The van der Waals surface area contributed by atoms with E-state index in [1.807, 2.05) is 37.1 Å². The molecule has 1 aromatic carbocycles. The summed E-state index contributed by atoms with van der Waals surface area (Å²) in [5.41, 5.74) is 8.72. The molecule has 0 atom stereocenters. The van der Waals surface area contributed by atoms with Gasteiger partial charge in [-0.25, -0.2) is 4.79 Å². The lowest BCUT2D eigenvalue weighted by atomic mass is 10.0. The van der Waals surface area contributed by atoms with Crippen LogP contribution in [0.3, 0.4) is 0 Å².